The van der Waals surface area contributed by atoms with Gasteiger partial charge < -0.3 is 5.32 Å². The molecule has 1 aromatic carbocycles. The van der Waals surface area contributed by atoms with Gasteiger partial charge in [-0.3, -0.25) is 4.79 Å². The lowest BCUT2D eigenvalue weighted by molar-refractivity contribution is 0.0955. The summed E-state index contributed by atoms with van der Waals surface area (Å²) in [6.45, 7) is 4.13. The number of hydrogen-bond donors (Lipinski definition) is 1. The minimum atomic E-state index is -0.374. The number of rotatable bonds is 2. The molecule has 3 heteroatoms. The van der Waals surface area contributed by atoms with Gasteiger partial charge in [0.25, 0.3) is 5.91 Å². The van der Waals surface area contributed by atoms with Crippen LogP contribution in [0.5, 0.6) is 0 Å². The van der Waals surface area contributed by atoms with Crippen molar-refractivity contribution in [2.45, 2.75) is 13.8 Å². The molecule has 0 radical (unpaired) electrons. The maximum atomic E-state index is 12.8. The summed E-state index contributed by atoms with van der Waals surface area (Å²) in [7, 11) is 0. The standard InChI is InChI=1S/C10H12FNO/c1-3-12-10(13)8-4-7(2)5-9(11)6-8/h4-6H,3H2,1-2H3,(H,12,13). The quantitative estimate of drug-likeness (QED) is 0.741. The number of carbonyl (C=O) groups is 1. The predicted molar refractivity (Wildman–Crippen MR) is 49.1 cm³/mol. The Labute approximate surface area is 76.8 Å². The summed E-state index contributed by atoms with van der Waals surface area (Å²) in [5, 5.41) is 2.61. The normalized spacial score (nSPS) is 9.77. The molecule has 0 bridgehead atoms. The van der Waals surface area contributed by atoms with Crippen LogP contribution in [0.25, 0.3) is 0 Å². The van der Waals surface area contributed by atoms with Crippen molar-refractivity contribution in [1.82, 2.24) is 5.32 Å². The van der Waals surface area contributed by atoms with Gasteiger partial charge in [-0.05, 0) is 37.6 Å². The van der Waals surface area contributed by atoms with Gasteiger partial charge in [0.2, 0.25) is 0 Å². The minimum absolute atomic E-state index is 0.231. The predicted octanol–water partition coefficient (Wildman–Crippen LogP) is 1.88. The first kappa shape index (κ1) is 9.71. The molecular weight excluding hydrogens is 169 g/mol. The van der Waals surface area contributed by atoms with Gasteiger partial charge in [-0.15, -0.1) is 0 Å². The Kier molecular flexibility index (Phi) is 3.01. The van der Waals surface area contributed by atoms with Crippen LogP contribution in [0.2, 0.25) is 0 Å². The molecule has 13 heavy (non-hydrogen) atoms. The minimum Gasteiger partial charge on any atom is -0.352 e. The zero-order valence-electron chi connectivity index (χ0n) is 7.73. The van der Waals surface area contributed by atoms with E-state index in [1.54, 1.807) is 13.0 Å². The summed E-state index contributed by atoms with van der Waals surface area (Å²) in [4.78, 5) is 11.3. The maximum absolute atomic E-state index is 12.8. The number of amides is 1. The SMILES string of the molecule is CCNC(=O)c1cc(C)cc(F)c1. The van der Waals surface area contributed by atoms with E-state index in [0.717, 1.165) is 5.56 Å². The van der Waals surface area contributed by atoms with Crippen molar-refractivity contribution in [2.75, 3.05) is 6.54 Å². The van der Waals surface area contributed by atoms with E-state index in [1.807, 2.05) is 6.92 Å². The molecule has 70 valence electrons. The Balaban J connectivity index is 2.94. The van der Waals surface area contributed by atoms with Gasteiger partial charge in [-0.1, -0.05) is 0 Å². The van der Waals surface area contributed by atoms with Crippen molar-refractivity contribution < 1.29 is 9.18 Å². The lowest BCUT2D eigenvalue weighted by Crippen LogP contribution is -2.22. The van der Waals surface area contributed by atoms with Crippen molar-refractivity contribution in [2.24, 2.45) is 0 Å². The molecule has 0 saturated heterocycles. The summed E-state index contributed by atoms with van der Waals surface area (Å²) in [6, 6.07) is 4.29. The third-order valence-electron chi connectivity index (χ3n) is 1.64. The number of halogens is 1. The van der Waals surface area contributed by atoms with Crippen LogP contribution in [0.3, 0.4) is 0 Å². The first-order valence-electron chi connectivity index (χ1n) is 4.19. The number of benzene rings is 1. The molecule has 1 amide bonds. The number of nitrogens with one attached hydrogen (secondary N) is 1. The Morgan fingerprint density at radius 2 is 2.15 bits per heavy atom. The van der Waals surface area contributed by atoms with Crippen molar-refractivity contribution >= 4 is 5.91 Å². The van der Waals surface area contributed by atoms with Gasteiger partial charge in [-0.25, -0.2) is 4.39 Å². The topological polar surface area (TPSA) is 29.1 Å². The molecular formula is C10H12FNO. The van der Waals surface area contributed by atoms with Crippen LogP contribution in [0, 0.1) is 12.7 Å². The second-order valence-corrected chi connectivity index (χ2v) is 2.88. The average molecular weight is 181 g/mol. The first-order chi connectivity index (χ1) is 6.13. The summed E-state index contributed by atoms with van der Waals surface area (Å²) >= 11 is 0. The van der Waals surface area contributed by atoms with E-state index in [9.17, 15) is 9.18 Å². The molecule has 0 aliphatic heterocycles. The lowest BCUT2D eigenvalue weighted by Gasteiger charge is -2.03. The summed E-state index contributed by atoms with van der Waals surface area (Å²) in [6.07, 6.45) is 0. The Morgan fingerprint density at radius 1 is 1.46 bits per heavy atom. The zero-order valence-corrected chi connectivity index (χ0v) is 7.73. The zero-order chi connectivity index (χ0) is 9.84. The van der Waals surface area contributed by atoms with Crippen LogP contribution >= 0.6 is 0 Å². The number of hydrogen-bond acceptors (Lipinski definition) is 1. The van der Waals surface area contributed by atoms with E-state index < -0.39 is 0 Å². The Hall–Kier alpha value is -1.38. The largest absolute Gasteiger partial charge is 0.352 e. The molecule has 1 N–H and O–H groups in total. The van der Waals surface area contributed by atoms with Crippen LogP contribution in [0.15, 0.2) is 18.2 Å². The van der Waals surface area contributed by atoms with Gasteiger partial charge in [0, 0.05) is 12.1 Å². The van der Waals surface area contributed by atoms with Gasteiger partial charge in [0.1, 0.15) is 5.82 Å². The summed E-state index contributed by atoms with van der Waals surface area (Å²) in [5.74, 6) is -0.605. The van der Waals surface area contributed by atoms with E-state index in [2.05, 4.69) is 5.32 Å². The van der Waals surface area contributed by atoms with Gasteiger partial charge in [0.15, 0.2) is 0 Å². The molecule has 1 rings (SSSR count). The van der Waals surface area contributed by atoms with Crippen molar-refractivity contribution in [1.29, 1.82) is 0 Å². The maximum Gasteiger partial charge on any atom is 0.251 e. The van der Waals surface area contributed by atoms with Crippen LogP contribution in [0.4, 0.5) is 4.39 Å². The molecule has 0 atom stereocenters. The van der Waals surface area contributed by atoms with Crippen LogP contribution in [-0.4, -0.2) is 12.5 Å². The van der Waals surface area contributed by atoms with Gasteiger partial charge in [-0.2, -0.15) is 0 Å². The second kappa shape index (κ2) is 4.03. The fraction of sp³-hybridized carbons (Fsp3) is 0.300. The van der Waals surface area contributed by atoms with Crippen molar-refractivity contribution in [3.05, 3.63) is 35.1 Å². The van der Waals surface area contributed by atoms with Crippen LogP contribution < -0.4 is 5.32 Å². The Morgan fingerprint density at radius 3 is 2.69 bits per heavy atom. The van der Waals surface area contributed by atoms with Crippen LogP contribution in [-0.2, 0) is 0 Å². The van der Waals surface area contributed by atoms with Crippen LogP contribution in [0.1, 0.15) is 22.8 Å². The van der Waals surface area contributed by atoms with Gasteiger partial charge in [0.05, 0.1) is 0 Å². The molecule has 1 aromatic rings. The second-order valence-electron chi connectivity index (χ2n) is 2.88. The highest BCUT2D eigenvalue weighted by atomic mass is 19.1. The third-order valence-corrected chi connectivity index (χ3v) is 1.64. The molecule has 0 aromatic heterocycles. The molecule has 0 fully saturated rings. The van der Waals surface area contributed by atoms with E-state index in [1.165, 1.54) is 12.1 Å². The highest BCUT2D eigenvalue weighted by Crippen LogP contribution is 2.07. The average Bonchev–Trinajstić information content (AvgIpc) is 2.03. The fourth-order valence-electron chi connectivity index (χ4n) is 1.13. The fourth-order valence-corrected chi connectivity index (χ4v) is 1.13. The monoisotopic (exact) mass is 181 g/mol. The lowest BCUT2D eigenvalue weighted by atomic mass is 10.1. The molecule has 0 saturated carbocycles. The van der Waals surface area contributed by atoms with E-state index in [0.29, 0.717) is 12.1 Å². The van der Waals surface area contributed by atoms with E-state index >= 15 is 0 Å². The molecule has 0 unspecified atom stereocenters. The molecule has 0 aliphatic rings. The summed E-state index contributed by atoms with van der Waals surface area (Å²) < 4.78 is 12.8. The van der Waals surface area contributed by atoms with Crippen molar-refractivity contribution in [3.8, 4) is 0 Å². The van der Waals surface area contributed by atoms with E-state index in [4.69, 9.17) is 0 Å². The smallest absolute Gasteiger partial charge is 0.251 e. The third kappa shape index (κ3) is 2.54. The summed E-state index contributed by atoms with van der Waals surface area (Å²) in [5.41, 5.74) is 1.13. The Bertz CT molecular complexity index is 302. The van der Waals surface area contributed by atoms with Crippen molar-refractivity contribution in [3.63, 3.8) is 0 Å². The number of aryl methyl sites for hydroxylation is 1. The highest BCUT2D eigenvalue weighted by molar-refractivity contribution is 5.94. The highest BCUT2D eigenvalue weighted by Gasteiger charge is 2.05. The number of carbonyl (C=O) groups excluding carboxylic acids is 1. The van der Waals surface area contributed by atoms with Gasteiger partial charge >= 0.3 is 0 Å². The van der Waals surface area contributed by atoms with E-state index in [-0.39, 0.29) is 11.7 Å². The molecule has 2 nitrogen and oxygen atoms in total. The molecule has 0 heterocycles. The first-order valence-corrected chi connectivity index (χ1v) is 4.19. The molecule has 0 spiro atoms. The molecule has 0 aliphatic carbocycles.